The maximum atomic E-state index is 12.0. The van der Waals surface area contributed by atoms with Crippen LogP contribution in [0.25, 0.3) is 0 Å². The van der Waals surface area contributed by atoms with Gasteiger partial charge in [0.15, 0.2) is 0 Å². The lowest BCUT2D eigenvalue weighted by atomic mass is 10.2. The second kappa shape index (κ2) is 9.08. The monoisotopic (exact) mass is 359 g/mol. The summed E-state index contributed by atoms with van der Waals surface area (Å²) in [4.78, 5) is 26.2. The zero-order valence-corrected chi connectivity index (χ0v) is 15.1. The molecule has 0 fully saturated rings. The Bertz CT molecular complexity index is 728. The van der Waals surface area contributed by atoms with Gasteiger partial charge in [-0.2, -0.15) is 0 Å². The van der Waals surface area contributed by atoms with Gasteiger partial charge in [0, 0.05) is 24.5 Å². The highest BCUT2D eigenvalue weighted by molar-refractivity contribution is 6.33. The standard InChI is InChI=1S/C19H22ClN3O2/c1-3-23(4-2)15-11-9-14(10-12-15)21-18(24)13-19(25)22-17-8-6-5-7-16(17)20/h5-12H,3-4,13H2,1-2H3,(H,21,24)(H,22,25). The Kier molecular flexibility index (Phi) is 6.83. The summed E-state index contributed by atoms with van der Waals surface area (Å²) in [6.45, 7) is 6.03. The molecule has 2 rings (SSSR count). The average Bonchev–Trinajstić information content (AvgIpc) is 2.59. The molecule has 0 unspecified atom stereocenters. The van der Waals surface area contributed by atoms with E-state index < -0.39 is 5.91 Å². The van der Waals surface area contributed by atoms with Crippen molar-refractivity contribution in [1.29, 1.82) is 0 Å². The van der Waals surface area contributed by atoms with Crippen molar-refractivity contribution in [3.63, 3.8) is 0 Å². The lowest BCUT2D eigenvalue weighted by Gasteiger charge is -2.21. The topological polar surface area (TPSA) is 61.4 Å². The predicted molar refractivity (Wildman–Crippen MR) is 103 cm³/mol. The Labute approximate surface area is 153 Å². The van der Waals surface area contributed by atoms with Gasteiger partial charge in [0.25, 0.3) is 0 Å². The van der Waals surface area contributed by atoms with Crippen molar-refractivity contribution in [2.45, 2.75) is 20.3 Å². The molecule has 5 nitrogen and oxygen atoms in total. The number of hydrogen-bond donors (Lipinski definition) is 2. The molecule has 0 saturated carbocycles. The van der Waals surface area contributed by atoms with Gasteiger partial charge < -0.3 is 15.5 Å². The van der Waals surface area contributed by atoms with E-state index >= 15 is 0 Å². The van der Waals surface area contributed by atoms with Crippen LogP contribution < -0.4 is 15.5 Å². The molecule has 0 heterocycles. The van der Waals surface area contributed by atoms with Crippen LogP contribution in [0.1, 0.15) is 20.3 Å². The molecule has 132 valence electrons. The van der Waals surface area contributed by atoms with Gasteiger partial charge in [-0.3, -0.25) is 9.59 Å². The molecule has 0 saturated heterocycles. The number of amides is 2. The summed E-state index contributed by atoms with van der Waals surface area (Å²) in [5, 5.41) is 5.79. The minimum atomic E-state index is -0.412. The predicted octanol–water partition coefficient (Wildman–Crippen LogP) is 4.15. The van der Waals surface area contributed by atoms with Crippen molar-refractivity contribution in [3.05, 3.63) is 53.6 Å². The summed E-state index contributed by atoms with van der Waals surface area (Å²) < 4.78 is 0. The zero-order chi connectivity index (χ0) is 18.2. The van der Waals surface area contributed by atoms with Crippen LogP contribution >= 0.6 is 11.6 Å². The van der Waals surface area contributed by atoms with E-state index in [0.29, 0.717) is 16.4 Å². The second-order valence-corrected chi connectivity index (χ2v) is 5.88. The van der Waals surface area contributed by atoms with Crippen LogP contribution in [0.2, 0.25) is 5.02 Å². The highest BCUT2D eigenvalue weighted by Gasteiger charge is 2.11. The number of benzene rings is 2. The highest BCUT2D eigenvalue weighted by Crippen LogP contribution is 2.21. The third-order valence-corrected chi connectivity index (χ3v) is 4.08. The molecular weight excluding hydrogens is 338 g/mol. The Hall–Kier alpha value is -2.53. The molecule has 0 spiro atoms. The smallest absolute Gasteiger partial charge is 0.233 e. The van der Waals surface area contributed by atoms with Crippen LogP contribution in [0.4, 0.5) is 17.1 Å². The number of nitrogens with zero attached hydrogens (tertiary/aromatic N) is 1. The molecule has 0 radical (unpaired) electrons. The average molecular weight is 360 g/mol. The molecule has 0 atom stereocenters. The fraction of sp³-hybridized carbons (Fsp3) is 0.263. The molecule has 0 aliphatic rings. The molecular formula is C19H22ClN3O2. The van der Waals surface area contributed by atoms with Crippen LogP contribution in [-0.4, -0.2) is 24.9 Å². The normalized spacial score (nSPS) is 10.2. The lowest BCUT2D eigenvalue weighted by Crippen LogP contribution is -2.22. The summed E-state index contributed by atoms with van der Waals surface area (Å²) in [5.41, 5.74) is 2.25. The number of rotatable bonds is 7. The van der Waals surface area contributed by atoms with Crippen molar-refractivity contribution >= 4 is 40.5 Å². The first-order valence-electron chi connectivity index (χ1n) is 8.22. The summed E-state index contributed by atoms with van der Waals surface area (Å²) in [6.07, 6.45) is -0.275. The van der Waals surface area contributed by atoms with E-state index in [9.17, 15) is 9.59 Å². The number of para-hydroxylation sites is 1. The van der Waals surface area contributed by atoms with Gasteiger partial charge >= 0.3 is 0 Å². The van der Waals surface area contributed by atoms with Gasteiger partial charge in [-0.25, -0.2) is 0 Å². The zero-order valence-electron chi connectivity index (χ0n) is 14.4. The largest absolute Gasteiger partial charge is 0.372 e. The minimum Gasteiger partial charge on any atom is -0.372 e. The van der Waals surface area contributed by atoms with Gasteiger partial charge in [0.05, 0.1) is 10.7 Å². The third-order valence-electron chi connectivity index (χ3n) is 3.75. The van der Waals surface area contributed by atoms with Crippen molar-refractivity contribution in [1.82, 2.24) is 0 Å². The quantitative estimate of drug-likeness (QED) is 0.730. The fourth-order valence-electron chi connectivity index (χ4n) is 2.45. The molecule has 0 bridgehead atoms. The van der Waals surface area contributed by atoms with E-state index in [-0.39, 0.29) is 12.3 Å². The van der Waals surface area contributed by atoms with Gasteiger partial charge in [-0.15, -0.1) is 0 Å². The summed E-state index contributed by atoms with van der Waals surface area (Å²) in [6, 6.07) is 14.5. The molecule has 0 aromatic heterocycles. The van der Waals surface area contributed by atoms with Crippen LogP contribution in [0, 0.1) is 0 Å². The van der Waals surface area contributed by atoms with E-state index in [1.54, 1.807) is 24.3 Å². The summed E-state index contributed by atoms with van der Waals surface area (Å²) in [7, 11) is 0. The van der Waals surface area contributed by atoms with Gasteiger partial charge in [0.2, 0.25) is 11.8 Å². The SMILES string of the molecule is CCN(CC)c1ccc(NC(=O)CC(=O)Nc2ccccc2Cl)cc1. The van der Waals surface area contributed by atoms with Crippen molar-refractivity contribution in [3.8, 4) is 0 Å². The van der Waals surface area contributed by atoms with Crippen molar-refractivity contribution in [2.75, 3.05) is 28.6 Å². The van der Waals surface area contributed by atoms with E-state index in [0.717, 1.165) is 18.8 Å². The first-order valence-corrected chi connectivity index (χ1v) is 8.60. The number of carbonyl (C=O) groups excluding carboxylic acids is 2. The Morgan fingerprint density at radius 2 is 1.52 bits per heavy atom. The summed E-state index contributed by atoms with van der Waals surface area (Å²) >= 11 is 5.98. The van der Waals surface area contributed by atoms with E-state index in [1.165, 1.54) is 0 Å². The maximum absolute atomic E-state index is 12.0. The van der Waals surface area contributed by atoms with Crippen molar-refractivity contribution < 1.29 is 9.59 Å². The Morgan fingerprint density at radius 3 is 2.12 bits per heavy atom. The number of carbonyl (C=O) groups is 2. The van der Waals surface area contributed by atoms with Gasteiger partial charge in [-0.05, 0) is 50.2 Å². The summed E-state index contributed by atoms with van der Waals surface area (Å²) in [5.74, 6) is -0.787. The first kappa shape index (κ1) is 18.8. The van der Waals surface area contributed by atoms with E-state index in [1.807, 2.05) is 24.3 Å². The number of nitrogens with one attached hydrogen (secondary N) is 2. The molecule has 2 amide bonds. The van der Waals surface area contributed by atoms with Crippen molar-refractivity contribution in [2.24, 2.45) is 0 Å². The molecule has 6 heteroatoms. The number of anilines is 3. The molecule has 2 aromatic carbocycles. The lowest BCUT2D eigenvalue weighted by molar-refractivity contribution is -0.123. The Morgan fingerprint density at radius 1 is 0.920 bits per heavy atom. The van der Waals surface area contributed by atoms with Gasteiger partial charge in [-0.1, -0.05) is 23.7 Å². The Balaban J connectivity index is 1.89. The van der Waals surface area contributed by atoms with E-state index in [2.05, 4.69) is 29.4 Å². The number of halogens is 1. The fourth-order valence-corrected chi connectivity index (χ4v) is 2.64. The third kappa shape index (κ3) is 5.50. The molecule has 25 heavy (non-hydrogen) atoms. The molecule has 0 aliphatic heterocycles. The van der Waals surface area contributed by atoms with Crippen LogP contribution in [-0.2, 0) is 9.59 Å². The van der Waals surface area contributed by atoms with Crippen LogP contribution in [0.3, 0.4) is 0 Å². The molecule has 2 aromatic rings. The number of hydrogen-bond acceptors (Lipinski definition) is 3. The van der Waals surface area contributed by atoms with E-state index in [4.69, 9.17) is 11.6 Å². The van der Waals surface area contributed by atoms with Crippen LogP contribution in [0.5, 0.6) is 0 Å². The molecule has 2 N–H and O–H groups in total. The van der Waals surface area contributed by atoms with Gasteiger partial charge in [0.1, 0.15) is 6.42 Å². The maximum Gasteiger partial charge on any atom is 0.233 e. The first-order chi connectivity index (χ1) is 12.0. The molecule has 0 aliphatic carbocycles. The minimum absolute atomic E-state index is 0.275. The van der Waals surface area contributed by atoms with Crippen LogP contribution in [0.15, 0.2) is 48.5 Å². The highest BCUT2D eigenvalue weighted by atomic mass is 35.5. The second-order valence-electron chi connectivity index (χ2n) is 5.47.